The van der Waals surface area contributed by atoms with Gasteiger partial charge in [0.1, 0.15) is 26.4 Å². The van der Waals surface area contributed by atoms with E-state index in [0.29, 0.717) is 39.6 Å². The Morgan fingerprint density at radius 1 is 0.724 bits per heavy atom. The molecule has 0 unspecified atom stereocenters. The molecule has 0 saturated heterocycles. The van der Waals surface area contributed by atoms with E-state index in [1.807, 2.05) is 48.5 Å². The third-order valence-corrected chi connectivity index (χ3v) is 4.51. The third-order valence-electron chi connectivity index (χ3n) is 4.51. The van der Waals surface area contributed by atoms with Gasteiger partial charge in [0.15, 0.2) is 23.0 Å². The zero-order valence-corrected chi connectivity index (χ0v) is 17.1. The van der Waals surface area contributed by atoms with Gasteiger partial charge in [-0.3, -0.25) is 0 Å². The van der Waals surface area contributed by atoms with Crippen molar-refractivity contribution in [2.24, 2.45) is 0 Å². The molecule has 0 atom stereocenters. The van der Waals surface area contributed by atoms with Crippen molar-refractivity contribution in [3.05, 3.63) is 48.5 Å². The van der Waals surface area contributed by atoms with E-state index in [4.69, 9.17) is 23.7 Å². The minimum absolute atomic E-state index is 0.0406. The van der Waals surface area contributed by atoms with Crippen LogP contribution in [0.2, 0.25) is 0 Å². The first-order valence-corrected chi connectivity index (χ1v) is 10.4. The molecule has 0 bridgehead atoms. The lowest BCUT2D eigenvalue weighted by Gasteiger charge is -2.22. The van der Waals surface area contributed by atoms with Gasteiger partial charge >= 0.3 is 0 Å². The molecule has 0 radical (unpaired) electrons. The molecular weight excluding hydrogens is 370 g/mol. The Bertz CT molecular complexity index is 668. The van der Waals surface area contributed by atoms with Gasteiger partial charge in [-0.25, -0.2) is 0 Å². The molecule has 1 N–H and O–H groups in total. The standard InChI is InChI=1S/C23H31NO5/c1-2-3-12-24-19-17-28-22-10-6-4-8-20(22)26-15-13-25-14-16-27-21-9-5-7-11-23(21)29-18-19/h4-11,19,24H,2-3,12-18H2,1H3. The Morgan fingerprint density at radius 3 is 1.69 bits per heavy atom. The summed E-state index contributed by atoms with van der Waals surface area (Å²) < 4.78 is 29.4. The number of hydrogen-bond donors (Lipinski definition) is 1. The first-order chi connectivity index (χ1) is 14.4. The molecule has 0 amide bonds. The van der Waals surface area contributed by atoms with Gasteiger partial charge in [-0.05, 0) is 37.2 Å². The molecular formula is C23H31NO5. The summed E-state index contributed by atoms with van der Waals surface area (Å²) in [6.07, 6.45) is 2.24. The van der Waals surface area contributed by atoms with Crippen molar-refractivity contribution >= 4 is 0 Å². The molecule has 2 aromatic rings. The molecule has 3 rings (SSSR count). The van der Waals surface area contributed by atoms with Crippen LogP contribution in [0, 0.1) is 0 Å². The van der Waals surface area contributed by atoms with Gasteiger partial charge in [0.05, 0.1) is 19.3 Å². The fourth-order valence-corrected chi connectivity index (χ4v) is 2.93. The van der Waals surface area contributed by atoms with Gasteiger partial charge in [0, 0.05) is 0 Å². The Morgan fingerprint density at radius 2 is 1.21 bits per heavy atom. The molecule has 0 spiro atoms. The lowest BCUT2D eigenvalue weighted by Crippen LogP contribution is -2.40. The Kier molecular flexibility index (Phi) is 8.94. The summed E-state index contributed by atoms with van der Waals surface area (Å²) in [7, 11) is 0. The highest BCUT2D eigenvalue weighted by atomic mass is 16.6. The first kappa shape index (κ1) is 21.3. The van der Waals surface area contributed by atoms with Crippen LogP contribution in [0.5, 0.6) is 23.0 Å². The number of fused-ring (bicyclic) bond motifs is 2. The summed E-state index contributed by atoms with van der Waals surface area (Å²) in [6.45, 7) is 5.93. The zero-order valence-electron chi connectivity index (χ0n) is 17.1. The number of para-hydroxylation sites is 4. The van der Waals surface area contributed by atoms with E-state index in [9.17, 15) is 0 Å². The van der Waals surface area contributed by atoms with Crippen molar-refractivity contribution in [3.63, 3.8) is 0 Å². The number of hydrogen-bond acceptors (Lipinski definition) is 6. The van der Waals surface area contributed by atoms with E-state index < -0.39 is 0 Å². The predicted molar refractivity (Wildman–Crippen MR) is 112 cm³/mol. The maximum atomic E-state index is 6.08. The Balaban J connectivity index is 1.71. The minimum Gasteiger partial charge on any atom is -0.488 e. The quantitative estimate of drug-likeness (QED) is 0.789. The third kappa shape index (κ3) is 7.15. The number of rotatable bonds is 4. The summed E-state index contributed by atoms with van der Waals surface area (Å²) in [5.74, 6) is 2.90. The molecule has 1 aliphatic rings. The molecule has 0 fully saturated rings. The van der Waals surface area contributed by atoms with E-state index >= 15 is 0 Å². The number of ether oxygens (including phenoxy) is 5. The van der Waals surface area contributed by atoms with Crippen molar-refractivity contribution in [2.45, 2.75) is 25.8 Å². The van der Waals surface area contributed by atoms with Crippen molar-refractivity contribution in [1.29, 1.82) is 0 Å². The van der Waals surface area contributed by atoms with Gasteiger partial charge in [-0.2, -0.15) is 0 Å². The molecule has 0 aromatic heterocycles. The van der Waals surface area contributed by atoms with Gasteiger partial charge in [-0.1, -0.05) is 37.6 Å². The van der Waals surface area contributed by atoms with Crippen molar-refractivity contribution in [2.75, 3.05) is 46.2 Å². The zero-order chi connectivity index (χ0) is 20.2. The SMILES string of the molecule is CCCCNC1COc2ccccc2OCCOCCOc2ccccc2OC1. The fraction of sp³-hybridized carbons (Fsp3) is 0.478. The average Bonchev–Trinajstić information content (AvgIpc) is 2.75. The van der Waals surface area contributed by atoms with Crippen LogP contribution >= 0.6 is 0 Å². The van der Waals surface area contributed by atoms with Crippen LogP contribution in [-0.2, 0) is 4.74 Å². The van der Waals surface area contributed by atoms with E-state index in [1.54, 1.807) is 0 Å². The van der Waals surface area contributed by atoms with Gasteiger partial charge in [0.25, 0.3) is 0 Å². The molecule has 1 heterocycles. The highest BCUT2D eigenvalue weighted by Crippen LogP contribution is 2.28. The molecule has 0 saturated carbocycles. The van der Waals surface area contributed by atoms with Crippen LogP contribution in [0.25, 0.3) is 0 Å². The molecule has 158 valence electrons. The van der Waals surface area contributed by atoms with Crippen LogP contribution in [0.15, 0.2) is 48.5 Å². The van der Waals surface area contributed by atoms with E-state index in [-0.39, 0.29) is 6.04 Å². The lowest BCUT2D eigenvalue weighted by molar-refractivity contribution is 0.0732. The smallest absolute Gasteiger partial charge is 0.161 e. The summed E-state index contributed by atoms with van der Waals surface area (Å²) in [4.78, 5) is 0. The molecule has 1 aliphatic heterocycles. The van der Waals surface area contributed by atoms with Gasteiger partial charge in [-0.15, -0.1) is 0 Å². The highest BCUT2D eigenvalue weighted by molar-refractivity contribution is 5.40. The maximum Gasteiger partial charge on any atom is 0.161 e. The van der Waals surface area contributed by atoms with Crippen LogP contribution in [0.3, 0.4) is 0 Å². The second-order valence-electron chi connectivity index (χ2n) is 6.83. The topological polar surface area (TPSA) is 58.2 Å². The molecule has 0 aliphatic carbocycles. The molecule has 2 aromatic carbocycles. The second kappa shape index (κ2) is 12.2. The fourth-order valence-electron chi connectivity index (χ4n) is 2.93. The van der Waals surface area contributed by atoms with Crippen LogP contribution < -0.4 is 24.3 Å². The summed E-state index contributed by atoms with van der Waals surface area (Å²) in [6, 6.07) is 15.5. The van der Waals surface area contributed by atoms with Crippen LogP contribution in [0.4, 0.5) is 0 Å². The van der Waals surface area contributed by atoms with E-state index in [0.717, 1.165) is 42.4 Å². The van der Waals surface area contributed by atoms with Crippen molar-refractivity contribution < 1.29 is 23.7 Å². The average molecular weight is 402 g/mol. The predicted octanol–water partition coefficient (Wildman–Crippen LogP) is 3.69. The maximum absolute atomic E-state index is 6.08. The second-order valence-corrected chi connectivity index (χ2v) is 6.83. The minimum atomic E-state index is 0.0406. The summed E-state index contributed by atoms with van der Waals surface area (Å²) in [5, 5.41) is 3.53. The molecule has 29 heavy (non-hydrogen) atoms. The monoisotopic (exact) mass is 401 g/mol. The van der Waals surface area contributed by atoms with E-state index in [1.165, 1.54) is 0 Å². The summed E-state index contributed by atoms with van der Waals surface area (Å²) >= 11 is 0. The Labute approximate surface area is 173 Å². The first-order valence-electron chi connectivity index (χ1n) is 10.4. The number of nitrogens with one attached hydrogen (secondary N) is 1. The summed E-state index contributed by atoms with van der Waals surface area (Å²) in [5.41, 5.74) is 0. The Hall–Kier alpha value is -2.44. The van der Waals surface area contributed by atoms with Crippen LogP contribution in [0.1, 0.15) is 19.8 Å². The number of unbranched alkanes of at least 4 members (excludes halogenated alkanes) is 1. The van der Waals surface area contributed by atoms with Gasteiger partial charge < -0.3 is 29.0 Å². The molecule has 6 nitrogen and oxygen atoms in total. The largest absolute Gasteiger partial charge is 0.488 e. The number of benzene rings is 2. The van der Waals surface area contributed by atoms with E-state index in [2.05, 4.69) is 12.2 Å². The van der Waals surface area contributed by atoms with Crippen molar-refractivity contribution in [1.82, 2.24) is 5.32 Å². The molecule has 6 heteroatoms. The normalized spacial score (nSPS) is 16.3. The lowest BCUT2D eigenvalue weighted by atomic mass is 10.2. The van der Waals surface area contributed by atoms with Gasteiger partial charge in [0.2, 0.25) is 0 Å². The van der Waals surface area contributed by atoms with Crippen LogP contribution in [-0.4, -0.2) is 52.2 Å². The van der Waals surface area contributed by atoms with Crippen molar-refractivity contribution in [3.8, 4) is 23.0 Å². The highest BCUT2D eigenvalue weighted by Gasteiger charge is 2.14.